The summed E-state index contributed by atoms with van der Waals surface area (Å²) in [6, 6.07) is 19.3. The van der Waals surface area contributed by atoms with Gasteiger partial charge in [0.25, 0.3) is 0 Å². The van der Waals surface area contributed by atoms with Crippen LogP contribution < -0.4 is 5.32 Å². The van der Waals surface area contributed by atoms with Crippen LogP contribution >= 0.6 is 0 Å². The third-order valence-electron chi connectivity index (χ3n) is 3.52. The molecule has 0 unspecified atom stereocenters. The van der Waals surface area contributed by atoms with E-state index < -0.39 is 0 Å². The zero-order chi connectivity index (χ0) is 16.5. The first-order valence-electron chi connectivity index (χ1n) is 7.92. The molecule has 0 fully saturated rings. The van der Waals surface area contributed by atoms with Crippen LogP contribution in [0.3, 0.4) is 0 Å². The van der Waals surface area contributed by atoms with Crippen LogP contribution in [-0.2, 0) is 0 Å². The van der Waals surface area contributed by atoms with Gasteiger partial charge in [-0.1, -0.05) is 60.7 Å². The summed E-state index contributed by atoms with van der Waals surface area (Å²) in [5.74, 6) is 0.0181. The van der Waals surface area contributed by atoms with Crippen LogP contribution in [0, 0.1) is 0 Å². The van der Waals surface area contributed by atoms with Crippen LogP contribution in [0.4, 0.5) is 0 Å². The van der Waals surface area contributed by atoms with Crippen molar-refractivity contribution in [1.29, 1.82) is 0 Å². The fraction of sp³-hybridized carbons (Fsp3) is 0.250. The van der Waals surface area contributed by atoms with Gasteiger partial charge in [0.2, 0.25) is 0 Å². The maximum atomic E-state index is 12.4. The Morgan fingerprint density at radius 3 is 2.09 bits per heavy atom. The minimum atomic E-state index is 0.0181. The van der Waals surface area contributed by atoms with Crippen molar-refractivity contribution in [3.8, 4) is 0 Å². The second kappa shape index (κ2) is 8.91. The lowest BCUT2D eigenvalue weighted by molar-refractivity contribution is 0.104. The maximum Gasteiger partial charge on any atom is 0.187 e. The first-order chi connectivity index (χ1) is 11.2. The number of rotatable bonds is 8. The average Bonchev–Trinajstić information content (AvgIpc) is 2.58. The summed E-state index contributed by atoms with van der Waals surface area (Å²) in [6.45, 7) is 1.85. The number of hydrogen-bond donors (Lipinski definition) is 1. The molecule has 0 heterocycles. The van der Waals surface area contributed by atoms with Gasteiger partial charge < -0.3 is 10.2 Å². The summed E-state index contributed by atoms with van der Waals surface area (Å²) >= 11 is 0. The normalized spacial score (nSPS) is 11.5. The molecule has 0 aromatic heterocycles. The van der Waals surface area contributed by atoms with Crippen molar-refractivity contribution in [1.82, 2.24) is 10.2 Å². The quantitative estimate of drug-likeness (QED) is 0.460. The Kier molecular flexibility index (Phi) is 6.57. The molecule has 0 radical (unpaired) electrons. The van der Waals surface area contributed by atoms with E-state index in [0.717, 1.165) is 30.8 Å². The highest BCUT2D eigenvalue weighted by Gasteiger charge is 2.06. The van der Waals surface area contributed by atoms with Crippen LogP contribution in [-0.4, -0.2) is 37.9 Å². The van der Waals surface area contributed by atoms with Crippen LogP contribution in [0.25, 0.3) is 5.70 Å². The number of allylic oxidation sites excluding steroid dienone is 1. The van der Waals surface area contributed by atoms with E-state index in [9.17, 15) is 4.79 Å². The van der Waals surface area contributed by atoms with E-state index in [4.69, 9.17) is 0 Å². The molecule has 3 nitrogen and oxygen atoms in total. The molecule has 0 spiro atoms. The monoisotopic (exact) mass is 308 g/mol. The van der Waals surface area contributed by atoms with Gasteiger partial charge in [-0.25, -0.2) is 0 Å². The highest BCUT2D eigenvalue weighted by Crippen LogP contribution is 2.13. The summed E-state index contributed by atoms with van der Waals surface area (Å²) in [4.78, 5) is 14.6. The lowest BCUT2D eigenvalue weighted by atomic mass is 10.1. The molecule has 0 aliphatic rings. The number of nitrogens with one attached hydrogen (secondary N) is 1. The standard InChI is InChI=1S/C20H24N2O/c1-22(2)15-9-14-21-19(17-10-5-3-6-11-17)16-20(23)18-12-7-4-8-13-18/h3-8,10-13,16,21H,9,14-15H2,1-2H3/b19-16-. The predicted octanol–water partition coefficient (Wildman–Crippen LogP) is 3.45. The predicted molar refractivity (Wildman–Crippen MR) is 96.4 cm³/mol. The Bertz CT molecular complexity index is 633. The number of nitrogens with zero attached hydrogens (tertiary/aromatic N) is 1. The van der Waals surface area contributed by atoms with E-state index in [1.165, 1.54) is 0 Å². The molecule has 0 aliphatic carbocycles. The SMILES string of the molecule is CN(C)CCCN/C(=C\C(=O)c1ccccc1)c1ccccc1. The van der Waals surface area contributed by atoms with Gasteiger partial charge in [-0.3, -0.25) is 4.79 Å². The van der Waals surface area contributed by atoms with E-state index >= 15 is 0 Å². The van der Waals surface area contributed by atoms with Crippen LogP contribution in [0.1, 0.15) is 22.3 Å². The third-order valence-corrected chi connectivity index (χ3v) is 3.52. The van der Waals surface area contributed by atoms with Gasteiger partial charge in [-0.05, 0) is 32.6 Å². The van der Waals surface area contributed by atoms with Gasteiger partial charge in [0.05, 0.1) is 0 Å². The molecule has 23 heavy (non-hydrogen) atoms. The Morgan fingerprint density at radius 2 is 1.52 bits per heavy atom. The molecule has 2 rings (SSSR count). The summed E-state index contributed by atoms with van der Waals surface area (Å²) in [5.41, 5.74) is 2.61. The highest BCUT2D eigenvalue weighted by molar-refractivity contribution is 6.08. The fourth-order valence-corrected chi connectivity index (χ4v) is 2.29. The average molecular weight is 308 g/mol. The zero-order valence-electron chi connectivity index (χ0n) is 13.8. The third kappa shape index (κ3) is 5.72. The van der Waals surface area contributed by atoms with Crippen molar-refractivity contribution in [3.05, 3.63) is 77.9 Å². The topological polar surface area (TPSA) is 32.3 Å². The lowest BCUT2D eigenvalue weighted by Crippen LogP contribution is -2.21. The number of benzene rings is 2. The molecule has 120 valence electrons. The Morgan fingerprint density at radius 1 is 0.957 bits per heavy atom. The van der Waals surface area contributed by atoms with E-state index in [1.807, 2.05) is 60.7 Å². The zero-order valence-corrected chi connectivity index (χ0v) is 13.8. The van der Waals surface area contributed by atoms with E-state index in [1.54, 1.807) is 6.08 Å². The van der Waals surface area contributed by atoms with Gasteiger partial charge in [0.15, 0.2) is 5.78 Å². The lowest BCUT2D eigenvalue weighted by Gasteiger charge is -2.13. The molecule has 0 saturated carbocycles. The Balaban J connectivity index is 2.13. The van der Waals surface area contributed by atoms with Crippen molar-refractivity contribution < 1.29 is 4.79 Å². The largest absolute Gasteiger partial charge is 0.384 e. The molecule has 1 N–H and O–H groups in total. The van der Waals surface area contributed by atoms with Crippen molar-refractivity contribution >= 4 is 11.5 Å². The molecule has 0 atom stereocenters. The summed E-state index contributed by atoms with van der Waals surface area (Å²) in [6.07, 6.45) is 2.72. The van der Waals surface area contributed by atoms with Gasteiger partial charge in [0, 0.05) is 23.9 Å². The Labute approximate surface area is 138 Å². The molecule has 2 aromatic rings. The van der Waals surface area contributed by atoms with E-state index in [2.05, 4.69) is 24.3 Å². The van der Waals surface area contributed by atoms with Gasteiger partial charge in [0.1, 0.15) is 0 Å². The minimum Gasteiger partial charge on any atom is -0.384 e. The molecular formula is C20H24N2O. The summed E-state index contributed by atoms with van der Waals surface area (Å²) in [5, 5.41) is 3.41. The van der Waals surface area contributed by atoms with Gasteiger partial charge in [-0.2, -0.15) is 0 Å². The number of ketones is 1. The van der Waals surface area contributed by atoms with E-state index in [0.29, 0.717) is 5.56 Å². The second-order valence-electron chi connectivity index (χ2n) is 5.74. The molecule has 0 aliphatic heterocycles. The smallest absolute Gasteiger partial charge is 0.187 e. The van der Waals surface area contributed by atoms with Crippen molar-refractivity contribution in [2.45, 2.75) is 6.42 Å². The van der Waals surface area contributed by atoms with Crippen molar-refractivity contribution in [3.63, 3.8) is 0 Å². The molecule has 0 saturated heterocycles. The second-order valence-corrected chi connectivity index (χ2v) is 5.74. The number of hydrogen-bond acceptors (Lipinski definition) is 3. The number of carbonyl (C=O) groups excluding carboxylic acids is 1. The molecule has 0 bridgehead atoms. The summed E-state index contributed by atoms with van der Waals surface area (Å²) in [7, 11) is 4.12. The fourth-order valence-electron chi connectivity index (χ4n) is 2.29. The van der Waals surface area contributed by atoms with Crippen LogP contribution in [0.5, 0.6) is 0 Å². The molecular weight excluding hydrogens is 284 g/mol. The number of carbonyl (C=O) groups is 1. The highest BCUT2D eigenvalue weighted by atomic mass is 16.1. The molecule has 3 heteroatoms. The van der Waals surface area contributed by atoms with Crippen LogP contribution in [0.15, 0.2) is 66.7 Å². The maximum absolute atomic E-state index is 12.4. The van der Waals surface area contributed by atoms with Crippen molar-refractivity contribution in [2.24, 2.45) is 0 Å². The first-order valence-corrected chi connectivity index (χ1v) is 7.92. The Hall–Kier alpha value is -2.39. The van der Waals surface area contributed by atoms with Crippen LogP contribution in [0.2, 0.25) is 0 Å². The molecule has 0 amide bonds. The van der Waals surface area contributed by atoms with Crippen molar-refractivity contribution in [2.75, 3.05) is 27.2 Å². The molecule has 2 aromatic carbocycles. The summed E-state index contributed by atoms with van der Waals surface area (Å²) < 4.78 is 0. The van der Waals surface area contributed by atoms with Gasteiger partial charge >= 0.3 is 0 Å². The first kappa shape index (κ1) is 17.0. The van der Waals surface area contributed by atoms with E-state index in [-0.39, 0.29) is 5.78 Å². The minimum absolute atomic E-state index is 0.0181. The van der Waals surface area contributed by atoms with Gasteiger partial charge in [-0.15, -0.1) is 0 Å².